The summed E-state index contributed by atoms with van der Waals surface area (Å²) in [4.78, 5) is 15.6. The van der Waals surface area contributed by atoms with E-state index in [4.69, 9.17) is 9.47 Å². The minimum absolute atomic E-state index is 0.344. The van der Waals surface area contributed by atoms with Crippen LogP contribution < -0.4 is 5.32 Å². The van der Waals surface area contributed by atoms with E-state index in [9.17, 15) is 18.0 Å². The topological polar surface area (TPSA) is 60.5 Å². The molecule has 1 aliphatic heterocycles. The van der Waals surface area contributed by atoms with E-state index >= 15 is 0 Å². The van der Waals surface area contributed by atoms with Crippen LogP contribution in [0.4, 0.5) is 13.2 Å². The number of carbonyl (C=O) groups is 1. The van der Waals surface area contributed by atoms with E-state index in [0.29, 0.717) is 13.0 Å². The Kier molecular flexibility index (Phi) is 4.20. The first-order valence-electron chi connectivity index (χ1n) is 6.33. The maximum atomic E-state index is 12.9. The van der Waals surface area contributed by atoms with E-state index in [2.05, 4.69) is 10.3 Å². The highest BCUT2D eigenvalue weighted by molar-refractivity contribution is 5.95. The van der Waals surface area contributed by atoms with Crippen LogP contribution in [0.5, 0.6) is 0 Å². The molecule has 1 aromatic heterocycles. The third-order valence-electron chi connectivity index (χ3n) is 2.92. The van der Waals surface area contributed by atoms with Crippen LogP contribution in [0.1, 0.15) is 36.2 Å². The van der Waals surface area contributed by atoms with E-state index < -0.39 is 35.2 Å². The van der Waals surface area contributed by atoms with Crippen molar-refractivity contribution in [2.45, 2.75) is 38.5 Å². The Hall–Kier alpha value is -1.67. The van der Waals surface area contributed by atoms with Crippen LogP contribution in [0.15, 0.2) is 18.5 Å². The molecule has 1 saturated heterocycles. The van der Waals surface area contributed by atoms with Gasteiger partial charge in [0, 0.05) is 18.8 Å². The molecular weight excluding hydrogens is 289 g/mol. The Balaban J connectivity index is 2.14. The molecule has 0 saturated carbocycles. The predicted octanol–water partition coefficient (Wildman–Crippen LogP) is 2.33. The van der Waals surface area contributed by atoms with Crippen LogP contribution in [0.3, 0.4) is 0 Å². The van der Waals surface area contributed by atoms with Gasteiger partial charge in [-0.2, -0.15) is 13.2 Å². The lowest BCUT2D eigenvalue weighted by Gasteiger charge is -2.36. The molecule has 2 rings (SSSR count). The number of hydrogen-bond donors (Lipinski definition) is 1. The summed E-state index contributed by atoms with van der Waals surface area (Å²) >= 11 is 0. The zero-order valence-corrected chi connectivity index (χ0v) is 11.5. The van der Waals surface area contributed by atoms with Gasteiger partial charge in [-0.25, -0.2) is 0 Å². The molecule has 116 valence electrons. The van der Waals surface area contributed by atoms with Gasteiger partial charge in [0.15, 0.2) is 5.79 Å². The average Bonchev–Trinajstić information content (AvgIpc) is 2.36. The lowest BCUT2D eigenvalue weighted by molar-refractivity contribution is -0.276. The molecule has 5 nitrogen and oxygen atoms in total. The van der Waals surface area contributed by atoms with Gasteiger partial charge < -0.3 is 14.8 Å². The molecule has 8 heteroatoms. The number of ether oxygens (including phenoxy) is 2. The molecule has 1 unspecified atom stereocenters. The molecule has 0 aliphatic carbocycles. The number of nitrogens with zero attached hydrogens (tertiary/aromatic N) is 1. The maximum Gasteiger partial charge on any atom is 0.417 e. The third kappa shape index (κ3) is 3.92. The van der Waals surface area contributed by atoms with Gasteiger partial charge in [-0.05, 0) is 19.9 Å². The molecule has 1 aromatic rings. The largest absolute Gasteiger partial charge is 0.417 e. The first-order valence-corrected chi connectivity index (χ1v) is 6.33. The highest BCUT2D eigenvalue weighted by atomic mass is 19.4. The van der Waals surface area contributed by atoms with Gasteiger partial charge in [-0.15, -0.1) is 0 Å². The zero-order valence-electron chi connectivity index (χ0n) is 11.5. The second kappa shape index (κ2) is 5.61. The Morgan fingerprint density at radius 3 is 2.81 bits per heavy atom. The predicted molar refractivity (Wildman–Crippen MR) is 66.2 cm³/mol. The number of alkyl halides is 3. The van der Waals surface area contributed by atoms with Crippen LogP contribution in [0.2, 0.25) is 0 Å². The molecule has 2 heterocycles. The standard InChI is InChI=1S/C13H15F3N2O3/c1-12(2)20-6-4-10(21-12)18-11(19)8-7-17-5-3-9(8)13(14,15)16/h3,5,7,10H,4,6H2,1-2H3,(H,18,19). The van der Waals surface area contributed by atoms with Crippen molar-refractivity contribution in [3.05, 3.63) is 29.6 Å². The van der Waals surface area contributed by atoms with Crippen molar-refractivity contribution in [2.24, 2.45) is 0 Å². The Labute approximate surface area is 119 Å². The summed E-state index contributed by atoms with van der Waals surface area (Å²) in [6.07, 6.45) is -3.08. The Morgan fingerprint density at radius 1 is 1.48 bits per heavy atom. The fraction of sp³-hybridized carbons (Fsp3) is 0.538. The van der Waals surface area contributed by atoms with Crippen LogP contribution in [0.25, 0.3) is 0 Å². The smallest absolute Gasteiger partial charge is 0.350 e. The number of aromatic nitrogens is 1. The van der Waals surface area contributed by atoms with Crippen molar-refractivity contribution in [3.63, 3.8) is 0 Å². The average molecular weight is 304 g/mol. The molecule has 1 atom stereocenters. The van der Waals surface area contributed by atoms with Crippen LogP contribution in [-0.4, -0.2) is 29.5 Å². The number of pyridine rings is 1. The van der Waals surface area contributed by atoms with Crippen molar-refractivity contribution in [2.75, 3.05) is 6.61 Å². The molecule has 0 aromatic carbocycles. The van der Waals surface area contributed by atoms with Gasteiger partial charge in [0.1, 0.15) is 6.23 Å². The second-order valence-corrected chi connectivity index (χ2v) is 5.04. The number of halogens is 3. The van der Waals surface area contributed by atoms with Gasteiger partial charge in [-0.1, -0.05) is 0 Å². The number of carbonyl (C=O) groups excluding carboxylic acids is 1. The Bertz CT molecular complexity index is 532. The van der Waals surface area contributed by atoms with Gasteiger partial charge in [-0.3, -0.25) is 9.78 Å². The summed E-state index contributed by atoms with van der Waals surface area (Å²) in [7, 11) is 0. The van der Waals surface area contributed by atoms with Gasteiger partial charge in [0.2, 0.25) is 0 Å². The summed E-state index contributed by atoms with van der Waals surface area (Å²) in [5, 5.41) is 2.42. The zero-order chi connectivity index (χ0) is 15.7. The molecule has 0 spiro atoms. The lowest BCUT2D eigenvalue weighted by atomic mass is 10.1. The number of amides is 1. The van der Waals surface area contributed by atoms with Crippen molar-refractivity contribution in [1.29, 1.82) is 0 Å². The molecule has 1 N–H and O–H groups in total. The van der Waals surface area contributed by atoms with Crippen LogP contribution >= 0.6 is 0 Å². The highest BCUT2D eigenvalue weighted by Crippen LogP contribution is 2.31. The summed E-state index contributed by atoms with van der Waals surface area (Å²) in [6, 6.07) is 0.768. The number of hydrogen-bond acceptors (Lipinski definition) is 4. The molecule has 1 amide bonds. The molecule has 21 heavy (non-hydrogen) atoms. The van der Waals surface area contributed by atoms with E-state index in [1.807, 2.05) is 0 Å². The van der Waals surface area contributed by atoms with Gasteiger partial charge in [0.05, 0.1) is 17.7 Å². The monoisotopic (exact) mass is 304 g/mol. The lowest BCUT2D eigenvalue weighted by Crippen LogP contribution is -2.48. The van der Waals surface area contributed by atoms with Gasteiger partial charge >= 0.3 is 6.18 Å². The number of nitrogens with one attached hydrogen (secondary N) is 1. The summed E-state index contributed by atoms with van der Waals surface area (Å²) in [5.74, 6) is -1.77. The molecule has 1 fully saturated rings. The maximum absolute atomic E-state index is 12.9. The fourth-order valence-electron chi connectivity index (χ4n) is 2.00. The van der Waals surface area contributed by atoms with Crippen molar-refractivity contribution in [1.82, 2.24) is 10.3 Å². The minimum Gasteiger partial charge on any atom is -0.350 e. The van der Waals surface area contributed by atoms with Gasteiger partial charge in [0.25, 0.3) is 5.91 Å². The van der Waals surface area contributed by atoms with Crippen molar-refractivity contribution >= 4 is 5.91 Å². The van der Waals surface area contributed by atoms with Crippen molar-refractivity contribution in [3.8, 4) is 0 Å². The third-order valence-corrected chi connectivity index (χ3v) is 2.92. The molecule has 1 aliphatic rings. The second-order valence-electron chi connectivity index (χ2n) is 5.04. The summed E-state index contributed by atoms with van der Waals surface area (Å²) in [6.45, 7) is 3.67. The quantitative estimate of drug-likeness (QED) is 0.911. The normalized spacial score (nSPS) is 21.9. The van der Waals surface area contributed by atoms with E-state index in [0.717, 1.165) is 18.5 Å². The van der Waals surface area contributed by atoms with E-state index in [1.54, 1.807) is 13.8 Å². The minimum atomic E-state index is -4.62. The van der Waals surface area contributed by atoms with Crippen LogP contribution in [-0.2, 0) is 15.7 Å². The summed E-state index contributed by atoms with van der Waals surface area (Å²) < 4.78 is 49.3. The van der Waals surface area contributed by atoms with Crippen LogP contribution in [0, 0.1) is 0 Å². The Morgan fingerprint density at radius 2 is 2.19 bits per heavy atom. The SMILES string of the molecule is CC1(C)OCCC(NC(=O)c2cnccc2C(F)(F)F)O1. The highest BCUT2D eigenvalue weighted by Gasteiger charge is 2.36. The van der Waals surface area contributed by atoms with Crippen molar-refractivity contribution < 1.29 is 27.4 Å². The molecule has 0 radical (unpaired) electrons. The molecular formula is C13H15F3N2O3. The van der Waals surface area contributed by atoms with E-state index in [1.165, 1.54) is 0 Å². The first kappa shape index (κ1) is 15.7. The summed E-state index contributed by atoms with van der Waals surface area (Å²) in [5.41, 5.74) is -1.56. The molecule has 0 bridgehead atoms. The fourth-order valence-corrected chi connectivity index (χ4v) is 2.00. The first-order chi connectivity index (χ1) is 9.69. The number of rotatable bonds is 2. The van der Waals surface area contributed by atoms with E-state index in [-0.39, 0.29) is 0 Å².